The van der Waals surface area contributed by atoms with E-state index < -0.39 is 0 Å². The van der Waals surface area contributed by atoms with E-state index in [2.05, 4.69) is 27.7 Å². The van der Waals surface area contributed by atoms with Gasteiger partial charge in [0.1, 0.15) is 0 Å². The van der Waals surface area contributed by atoms with Crippen LogP contribution in [0, 0.1) is 0 Å². The molecule has 1 aliphatic carbocycles. The Balaban J connectivity index is 2.12. The molecular formula is C15H28N2O. The quantitative estimate of drug-likeness (QED) is 0.770. The molecule has 1 N–H and O–H groups in total. The number of rotatable bonds is 1. The molecule has 0 aromatic heterocycles. The fourth-order valence-corrected chi connectivity index (χ4v) is 3.59. The first-order chi connectivity index (χ1) is 8.31. The Morgan fingerprint density at radius 2 is 1.50 bits per heavy atom. The topological polar surface area (TPSA) is 35.8 Å². The van der Waals surface area contributed by atoms with Crippen LogP contribution in [-0.4, -0.2) is 33.1 Å². The molecule has 2 aliphatic rings. The van der Waals surface area contributed by atoms with Crippen LogP contribution >= 0.6 is 0 Å². The molecule has 0 amide bonds. The minimum absolute atomic E-state index is 0.199. The number of hydrogen-bond acceptors (Lipinski definition) is 3. The summed E-state index contributed by atoms with van der Waals surface area (Å²) in [5.41, 5.74) is 0.909. The molecule has 3 heteroatoms. The van der Waals surface area contributed by atoms with Crippen molar-refractivity contribution in [2.24, 2.45) is 4.99 Å². The van der Waals surface area contributed by atoms with Crippen LogP contribution in [0.5, 0.6) is 0 Å². The van der Waals surface area contributed by atoms with Gasteiger partial charge >= 0.3 is 0 Å². The van der Waals surface area contributed by atoms with Crippen LogP contribution in [0.1, 0.15) is 72.6 Å². The molecule has 0 bridgehead atoms. The molecule has 1 saturated heterocycles. The summed E-state index contributed by atoms with van der Waals surface area (Å²) in [6.07, 6.45) is 8.34. The zero-order valence-electron chi connectivity index (χ0n) is 12.4. The Kier molecular flexibility index (Phi) is 3.84. The van der Waals surface area contributed by atoms with Crippen LogP contribution in [0.15, 0.2) is 4.99 Å². The molecule has 0 radical (unpaired) electrons. The maximum atomic E-state index is 10.3. The van der Waals surface area contributed by atoms with E-state index >= 15 is 0 Å². The van der Waals surface area contributed by atoms with Crippen LogP contribution in [0.25, 0.3) is 0 Å². The van der Waals surface area contributed by atoms with Crippen molar-refractivity contribution in [3.05, 3.63) is 0 Å². The molecule has 0 atom stereocenters. The molecule has 2 rings (SSSR count). The van der Waals surface area contributed by atoms with E-state index in [0.717, 1.165) is 12.8 Å². The Morgan fingerprint density at radius 3 is 2.00 bits per heavy atom. The fourth-order valence-electron chi connectivity index (χ4n) is 3.59. The van der Waals surface area contributed by atoms with Crippen molar-refractivity contribution < 1.29 is 5.21 Å². The second-order valence-corrected chi connectivity index (χ2v) is 7.28. The lowest BCUT2D eigenvalue weighted by atomic mass is 9.80. The standard InChI is InChI=1S/C15H28N2O/c1-14(2)10-13(11-15(3,4)17(14)18)16-12-8-6-5-7-9-12/h12,18H,5-11H2,1-4H3. The number of hydroxylamine groups is 2. The lowest BCUT2D eigenvalue weighted by Crippen LogP contribution is -2.59. The summed E-state index contributed by atoms with van der Waals surface area (Å²) in [5, 5.41) is 11.8. The van der Waals surface area contributed by atoms with Gasteiger partial charge in [-0.1, -0.05) is 19.3 Å². The SMILES string of the molecule is CC1(C)CC(=NC2CCCCC2)CC(C)(C)N1O. The predicted octanol–water partition coefficient (Wildman–Crippen LogP) is 3.80. The smallest absolute Gasteiger partial charge is 0.0499 e. The monoisotopic (exact) mass is 252 g/mol. The van der Waals surface area contributed by atoms with E-state index in [1.807, 2.05) is 0 Å². The van der Waals surface area contributed by atoms with Crippen molar-refractivity contribution in [3.8, 4) is 0 Å². The van der Waals surface area contributed by atoms with Crippen LogP contribution in [0.2, 0.25) is 0 Å². The average molecular weight is 252 g/mol. The van der Waals surface area contributed by atoms with Crippen molar-refractivity contribution >= 4 is 5.71 Å². The zero-order valence-corrected chi connectivity index (χ0v) is 12.4. The maximum absolute atomic E-state index is 10.3. The van der Waals surface area contributed by atoms with Crippen molar-refractivity contribution in [2.45, 2.75) is 89.8 Å². The molecule has 0 aromatic carbocycles. The van der Waals surface area contributed by atoms with Gasteiger partial charge in [0.25, 0.3) is 0 Å². The second kappa shape index (κ2) is 4.93. The molecule has 1 heterocycles. The minimum Gasteiger partial charge on any atom is -0.313 e. The first kappa shape index (κ1) is 14.0. The van der Waals surface area contributed by atoms with Gasteiger partial charge in [0.2, 0.25) is 0 Å². The highest BCUT2D eigenvalue weighted by Gasteiger charge is 2.43. The van der Waals surface area contributed by atoms with Crippen LogP contribution in [-0.2, 0) is 0 Å². The number of hydrogen-bond donors (Lipinski definition) is 1. The Morgan fingerprint density at radius 1 is 1.00 bits per heavy atom. The molecule has 2 fully saturated rings. The van der Waals surface area contributed by atoms with E-state index in [-0.39, 0.29) is 11.1 Å². The van der Waals surface area contributed by atoms with Gasteiger partial charge in [0.15, 0.2) is 0 Å². The van der Waals surface area contributed by atoms with E-state index in [0.29, 0.717) is 6.04 Å². The van der Waals surface area contributed by atoms with Gasteiger partial charge in [-0.05, 0) is 40.5 Å². The summed E-state index contributed by atoms with van der Waals surface area (Å²) in [4.78, 5) is 5.00. The van der Waals surface area contributed by atoms with E-state index in [9.17, 15) is 5.21 Å². The molecule has 0 unspecified atom stereocenters. The van der Waals surface area contributed by atoms with Crippen molar-refractivity contribution in [1.82, 2.24) is 5.06 Å². The molecule has 18 heavy (non-hydrogen) atoms. The first-order valence-corrected chi connectivity index (χ1v) is 7.36. The summed E-state index contributed by atoms with van der Waals surface area (Å²) in [5.74, 6) is 0. The van der Waals surface area contributed by atoms with E-state index in [4.69, 9.17) is 4.99 Å². The lowest BCUT2D eigenvalue weighted by Gasteiger charge is -2.49. The summed E-state index contributed by atoms with van der Waals surface area (Å²) >= 11 is 0. The highest BCUT2D eigenvalue weighted by atomic mass is 16.5. The molecule has 1 aliphatic heterocycles. The third-order valence-corrected chi connectivity index (χ3v) is 4.36. The number of piperidine rings is 1. The Labute approximate surface area is 111 Å². The third-order valence-electron chi connectivity index (χ3n) is 4.36. The summed E-state index contributed by atoms with van der Waals surface area (Å²) < 4.78 is 0. The van der Waals surface area contributed by atoms with Gasteiger partial charge in [-0.25, -0.2) is 0 Å². The van der Waals surface area contributed by atoms with Gasteiger partial charge in [-0.15, -0.1) is 0 Å². The minimum atomic E-state index is -0.199. The maximum Gasteiger partial charge on any atom is 0.0499 e. The van der Waals surface area contributed by atoms with Crippen molar-refractivity contribution in [3.63, 3.8) is 0 Å². The molecule has 3 nitrogen and oxygen atoms in total. The van der Waals surface area contributed by atoms with Gasteiger partial charge in [0.05, 0.1) is 0 Å². The predicted molar refractivity (Wildman–Crippen MR) is 75.3 cm³/mol. The highest BCUT2D eigenvalue weighted by molar-refractivity contribution is 5.87. The second-order valence-electron chi connectivity index (χ2n) is 7.28. The molecular weight excluding hydrogens is 224 g/mol. The van der Waals surface area contributed by atoms with Crippen molar-refractivity contribution in [2.75, 3.05) is 0 Å². The van der Waals surface area contributed by atoms with Crippen LogP contribution < -0.4 is 0 Å². The van der Waals surface area contributed by atoms with Crippen LogP contribution in [0.4, 0.5) is 0 Å². The molecule has 0 spiro atoms. The number of nitrogens with zero attached hydrogens (tertiary/aromatic N) is 2. The summed E-state index contributed by atoms with van der Waals surface area (Å²) in [7, 11) is 0. The largest absolute Gasteiger partial charge is 0.313 e. The molecule has 1 saturated carbocycles. The highest BCUT2D eigenvalue weighted by Crippen LogP contribution is 2.36. The number of aliphatic imine (C=N–C) groups is 1. The zero-order chi connectivity index (χ0) is 13.4. The van der Waals surface area contributed by atoms with Gasteiger partial charge in [-0.3, -0.25) is 4.99 Å². The molecule has 0 aromatic rings. The fraction of sp³-hybridized carbons (Fsp3) is 0.933. The lowest BCUT2D eigenvalue weighted by molar-refractivity contribution is -0.226. The summed E-state index contributed by atoms with van der Waals surface area (Å²) in [6, 6.07) is 0.547. The van der Waals surface area contributed by atoms with Gasteiger partial charge in [-0.2, -0.15) is 5.06 Å². The van der Waals surface area contributed by atoms with Gasteiger partial charge < -0.3 is 5.21 Å². The third kappa shape index (κ3) is 2.94. The Hall–Kier alpha value is -0.410. The van der Waals surface area contributed by atoms with E-state index in [1.165, 1.54) is 42.9 Å². The van der Waals surface area contributed by atoms with Crippen LogP contribution in [0.3, 0.4) is 0 Å². The molecule has 104 valence electrons. The van der Waals surface area contributed by atoms with Gasteiger partial charge in [0, 0.05) is 35.7 Å². The van der Waals surface area contributed by atoms with E-state index in [1.54, 1.807) is 0 Å². The summed E-state index contributed by atoms with van der Waals surface area (Å²) in [6.45, 7) is 8.41. The average Bonchev–Trinajstić information content (AvgIpc) is 2.26. The Bertz CT molecular complexity index is 307. The first-order valence-electron chi connectivity index (χ1n) is 7.36. The normalized spacial score (nSPS) is 29.3. The van der Waals surface area contributed by atoms with Crippen molar-refractivity contribution in [1.29, 1.82) is 0 Å².